The van der Waals surface area contributed by atoms with Crippen molar-refractivity contribution in [2.45, 2.75) is 13.0 Å². The van der Waals surface area contributed by atoms with Gasteiger partial charge in [0.25, 0.3) is 0 Å². The van der Waals surface area contributed by atoms with E-state index >= 15 is 0 Å². The summed E-state index contributed by atoms with van der Waals surface area (Å²) in [6.45, 7) is 0.267. The summed E-state index contributed by atoms with van der Waals surface area (Å²) in [6, 6.07) is 13.3. The fourth-order valence-corrected chi connectivity index (χ4v) is 2.25. The quantitative estimate of drug-likeness (QED) is 0.883. The highest BCUT2D eigenvalue weighted by Gasteiger charge is 2.12. The lowest BCUT2D eigenvalue weighted by atomic mass is 10.1. The molecule has 1 aliphatic carbocycles. The average molecular weight is 292 g/mol. The number of nitrogens with two attached hydrogens (primary N) is 1. The zero-order chi connectivity index (χ0) is 15.4. The van der Waals surface area contributed by atoms with Crippen LogP contribution in [0.4, 0.5) is 5.82 Å². The van der Waals surface area contributed by atoms with E-state index < -0.39 is 0 Å². The third-order valence-electron chi connectivity index (χ3n) is 3.44. The predicted octanol–water partition coefficient (Wildman–Crippen LogP) is 2.90. The van der Waals surface area contributed by atoms with Crippen molar-refractivity contribution in [3.8, 4) is 0 Å². The van der Waals surface area contributed by atoms with Crippen molar-refractivity contribution in [3.05, 3.63) is 77.0 Å². The molecule has 0 saturated heterocycles. The zero-order valence-electron chi connectivity index (χ0n) is 12.0. The molecule has 1 aromatic heterocycles. The molecule has 3 rings (SSSR count). The SMILES string of the molecule is Nc1ccc2c(n1)C=CC(C(=O)OCc1ccccc1)=CC2. The minimum atomic E-state index is -0.333. The number of nitrogens with zero attached hydrogens (tertiary/aromatic N) is 1. The molecular weight excluding hydrogens is 276 g/mol. The molecule has 110 valence electrons. The molecule has 0 amide bonds. The van der Waals surface area contributed by atoms with Crippen LogP contribution in [0.15, 0.2) is 60.2 Å². The number of allylic oxidation sites excluding steroid dienone is 1. The number of ether oxygens (including phenoxy) is 1. The molecule has 1 aromatic carbocycles. The van der Waals surface area contributed by atoms with Gasteiger partial charge in [-0.15, -0.1) is 0 Å². The number of carbonyl (C=O) groups excluding carboxylic acids is 1. The molecule has 2 N–H and O–H groups in total. The van der Waals surface area contributed by atoms with Crippen LogP contribution in [0.1, 0.15) is 16.8 Å². The van der Waals surface area contributed by atoms with Crippen LogP contribution in [0.25, 0.3) is 6.08 Å². The molecule has 0 fully saturated rings. The van der Waals surface area contributed by atoms with Gasteiger partial charge in [0.05, 0.1) is 11.3 Å². The number of rotatable bonds is 3. The topological polar surface area (TPSA) is 65.2 Å². The van der Waals surface area contributed by atoms with Gasteiger partial charge in [-0.3, -0.25) is 0 Å². The number of aromatic nitrogens is 1. The first-order valence-electron chi connectivity index (χ1n) is 7.07. The van der Waals surface area contributed by atoms with Crippen molar-refractivity contribution in [1.82, 2.24) is 4.98 Å². The molecule has 0 saturated carbocycles. The highest BCUT2D eigenvalue weighted by atomic mass is 16.5. The first-order chi connectivity index (χ1) is 10.7. The van der Waals surface area contributed by atoms with Crippen LogP contribution >= 0.6 is 0 Å². The van der Waals surface area contributed by atoms with Crippen LogP contribution in [-0.4, -0.2) is 11.0 Å². The van der Waals surface area contributed by atoms with E-state index in [-0.39, 0.29) is 12.6 Å². The summed E-state index contributed by atoms with van der Waals surface area (Å²) in [5.74, 6) is 0.138. The number of pyridine rings is 1. The Morgan fingerprint density at radius 3 is 2.77 bits per heavy atom. The number of esters is 1. The van der Waals surface area contributed by atoms with Gasteiger partial charge < -0.3 is 10.5 Å². The second-order valence-corrected chi connectivity index (χ2v) is 5.04. The van der Waals surface area contributed by atoms with Gasteiger partial charge in [0.15, 0.2) is 0 Å². The number of hydrogen-bond donors (Lipinski definition) is 1. The van der Waals surface area contributed by atoms with Crippen molar-refractivity contribution >= 4 is 17.9 Å². The van der Waals surface area contributed by atoms with E-state index in [1.54, 1.807) is 18.2 Å². The van der Waals surface area contributed by atoms with Crippen LogP contribution < -0.4 is 5.73 Å². The predicted molar refractivity (Wildman–Crippen MR) is 85.7 cm³/mol. The summed E-state index contributed by atoms with van der Waals surface area (Å²) in [6.07, 6.45) is 6.01. The summed E-state index contributed by atoms with van der Waals surface area (Å²) in [5, 5.41) is 0. The van der Waals surface area contributed by atoms with Gasteiger partial charge >= 0.3 is 5.97 Å². The zero-order valence-corrected chi connectivity index (χ0v) is 12.0. The van der Waals surface area contributed by atoms with Crippen LogP contribution in [-0.2, 0) is 22.6 Å². The second-order valence-electron chi connectivity index (χ2n) is 5.04. The van der Waals surface area contributed by atoms with Crippen molar-refractivity contribution in [2.24, 2.45) is 0 Å². The van der Waals surface area contributed by atoms with Gasteiger partial charge in [-0.05, 0) is 35.8 Å². The number of benzene rings is 1. The Morgan fingerprint density at radius 2 is 1.95 bits per heavy atom. The first kappa shape index (κ1) is 14.1. The number of carbonyl (C=O) groups is 1. The molecule has 4 heteroatoms. The fourth-order valence-electron chi connectivity index (χ4n) is 2.25. The lowest BCUT2D eigenvalue weighted by molar-refractivity contribution is -0.139. The Hall–Kier alpha value is -2.88. The maximum atomic E-state index is 12.2. The van der Waals surface area contributed by atoms with Gasteiger partial charge in [0.1, 0.15) is 12.4 Å². The molecule has 0 aliphatic heterocycles. The molecule has 1 heterocycles. The lowest BCUT2D eigenvalue weighted by Gasteiger charge is -2.05. The van der Waals surface area contributed by atoms with E-state index in [1.807, 2.05) is 42.5 Å². The standard InChI is InChI=1S/C18H16N2O2/c19-17-11-9-14-6-7-15(8-10-16(14)20-17)18(21)22-12-13-4-2-1-3-5-13/h1-5,7-11H,6,12H2,(H2,19,20). The van der Waals surface area contributed by atoms with Crippen molar-refractivity contribution in [2.75, 3.05) is 5.73 Å². The summed E-state index contributed by atoms with van der Waals surface area (Å²) >= 11 is 0. The number of hydrogen-bond acceptors (Lipinski definition) is 4. The summed E-state index contributed by atoms with van der Waals surface area (Å²) in [5.41, 5.74) is 9.02. The van der Waals surface area contributed by atoms with Crippen molar-refractivity contribution < 1.29 is 9.53 Å². The fraction of sp³-hybridized carbons (Fsp3) is 0.111. The van der Waals surface area contributed by atoms with Gasteiger partial charge in [0.2, 0.25) is 0 Å². The van der Waals surface area contributed by atoms with Gasteiger partial charge in [0, 0.05) is 0 Å². The Labute approximate surface area is 128 Å². The second kappa shape index (κ2) is 6.26. The van der Waals surface area contributed by atoms with Crippen LogP contribution in [0, 0.1) is 0 Å². The maximum absolute atomic E-state index is 12.2. The monoisotopic (exact) mass is 292 g/mol. The Bertz CT molecular complexity index is 749. The minimum Gasteiger partial charge on any atom is -0.457 e. The largest absolute Gasteiger partial charge is 0.457 e. The van der Waals surface area contributed by atoms with Gasteiger partial charge in [-0.1, -0.05) is 42.5 Å². The third kappa shape index (κ3) is 3.23. The third-order valence-corrected chi connectivity index (χ3v) is 3.44. The van der Waals surface area contributed by atoms with E-state index in [0.717, 1.165) is 16.8 Å². The Morgan fingerprint density at radius 1 is 1.14 bits per heavy atom. The molecule has 4 nitrogen and oxygen atoms in total. The molecule has 0 atom stereocenters. The number of anilines is 1. The van der Waals surface area contributed by atoms with E-state index in [9.17, 15) is 4.79 Å². The summed E-state index contributed by atoms with van der Waals surface area (Å²) in [4.78, 5) is 16.4. The molecular formula is C18H16N2O2. The van der Waals surface area contributed by atoms with Crippen LogP contribution in [0.5, 0.6) is 0 Å². The molecule has 1 aliphatic rings. The van der Waals surface area contributed by atoms with Gasteiger partial charge in [-0.25, -0.2) is 9.78 Å². The Kier molecular flexibility index (Phi) is 4.01. The van der Waals surface area contributed by atoms with E-state index in [1.165, 1.54) is 0 Å². The van der Waals surface area contributed by atoms with Crippen LogP contribution in [0.3, 0.4) is 0 Å². The first-order valence-corrected chi connectivity index (χ1v) is 7.07. The Balaban J connectivity index is 1.69. The van der Waals surface area contributed by atoms with Crippen molar-refractivity contribution in [1.29, 1.82) is 0 Å². The molecule has 0 unspecified atom stereocenters. The average Bonchev–Trinajstić information content (AvgIpc) is 2.76. The summed E-state index contributed by atoms with van der Waals surface area (Å²) in [7, 11) is 0. The molecule has 22 heavy (non-hydrogen) atoms. The number of nitrogen functional groups attached to an aromatic ring is 1. The van der Waals surface area contributed by atoms with E-state index in [4.69, 9.17) is 10.5 Å². The highest BCUT2D eigenvalue weighted by molar-refractivity contribution is 5.93. The van der Waals surface area contributed by atoms with Crippen LogP contribution in [0.2, 0.25) is 0 Å². The normalized spacial score (nSPS) is 13.0. The molecule has 2 aromatic rings. The lowest BCUT2D eigenvalue weighted by Crippen LogP contribution is -2.06. The molecule has 0 spiro atoms. The summed E-state index contributed by atoms with van der Waals surface area (Å²) < 4.78 is 5.34. The minimum absolute atomic E-state index is 0.267. The van der Waals surface area contributed by atoms with E-state index in [0.29, 0.717) is 17.8 Å². The molecule has 0 bridgehead atoms. The number of fused-ring (bicyclic) bond motifs is 1. The van der Waals surface area contributed by atoms with Gasteiger partial charge in [-0.2, -0.15) is 0 Å². The molecule has 0 radical (unpaired) electrons. The maximum Gasteiger partial charge on any atom is 0.338 e. The van der Waals surface area contributed by atoms with Crippen molar-refractivity contribution in [3.63, 3.8) is 0 Å². The smallest absolute Gasteiger partial charge is 0.338 e. The van der Waals surface area contributed by atoms with E-state index in [2.05, 4.69) is 4.98 Å². The highest BCUT2D eigenvalue weighted by Crippen LogP contribution is 2.18.